The zero-order valence-corrected chi connectivity index (χ0v) is 19.8. The summed E-state index contributed by atoms with van der Waals surface area (Å²) < 4.78 is 16.6. The van der Waals surface area contributed by atoms with Crippen molar-refractivity contribution in [3.63, 3.8) is 0 Å². The first-order valence-corrected chi connectivity index (χ1v) is 10.9. The second-order valence-corrected chi connectivity index (χ2v) is 8.50. The van der Waals surface area contributed by atoms with Crippen molar-refractivity contribution in [2.75, 3.05) is 24.9 Å². The fourth-order valence-electron chi connectivity index (χ4n) is 2.99. The highest BCUT2D eigenvalue weighted by atomic mass is 35.5. The van der Waals surface area contributed by atoms with Gasteiger partial charge >= 0.3 is 6.03 Å². The van der Waals surface area contributed by atoms with Crippen LogP contribution in [0.2, 0.25) is 5.02 Å². The normalized spacial score (nSPS) is 10.7. The number of thiazole rings is 1. The van der Waals surface area contributed by atoms with Crippen LogP contribution in [-0.2, 0) is 0 Å². The van der Waals surface area contributed by atoms with E-state index >= 15 is 0 Å². The Morgan fingerprint density at radius 1 is 1.00 bits per heavy atom. The van der Waals surface area contributed by atoms with Gasteiger partial charge in [-0.05, 0) is 38.1 Å². The molecule has 0 aliphatic heterocycles. The maximum Gasteiger partial charge on any atom is 0.325 e. The van der Waals surface area contributed by atoms with E-state index in [0.29, 0.717) is 49.9 Å². The summed E-state index contributed by atoms with van der Waals surface area (Å²) in [5.74, 6) is 1.73. The Kier molecular flexibility index (Phi) is 6.47. The lowest BCUT2D eigenvalue weighted by Gasteiger charge is -2.13. The standard InChI is InChI=1S/C22H20ClN5O4S/c1-11-12(2)33-22(26-11)28-21(29)27-13-5-6-17(15(23)7-13)32-20-14-8-18(30-3)19(31-4)9-16(14)24-10-25-20/h5-10H,1-4H3,(H2,26,27,28,29). The maximum absolute atomic E-state index is 12.3. The van der Waals surface area contributed by atoms with Crippen LogP contribution in [0.15, 0.2) is 36.7 Å². The topological polar surface area (TPSA) is 107 Å². The molecule has 0 atom stereocenters. The van der Waals surface area contributed by atoms with Crippen molar-refractivity contribution in [2.45, 2.75) is 13.8 Å². The number of halogens is 1. The van der Waals surface area contributed by atoms with Crippen molar-refractivity contribution >= 4 is 50.7 Å². The zero-order valence-electron chi connectivity index (χ0n) is 18.2. The number of aryl methyl sites for hydroxylation is 2. The fraction of sp³-hybridized carbons (Fsp3) is 0.182. The number of urea groups is 1. The third-order valence-electron chi connectivity index (χ3n) is 4.75. The van der Waals surface area contributed by atoms with E-state index in [1.165, 1.54) is 17.7 Å². The molecule has 0 radical (unpaired) electrons. The average Bonchev–Trinajstić information content (AvgIpc) is 3.11. The van der Waals surface area contributed by atoms with Crippen LogP contribution in [0.25, 0.3) is 10.9 Å². The SMILES string of the molecule is COc1cc2ncnc(Oc3ccc(NC(=O)Nc4nc(C)c(C)s4)cc3Cl)c2cc1OC. The number of hydrogen-bond donors (Lipinski definition) is 2. The van der Waals surface area contributed by atoms with Crippen molar-refractivity contribution in [3.05, 3.63) is 52.3 Å². The summed E-state index contributed by atoms with van der Waals surface area (Å²) in [7, 11) is 3.10. The van der Waals surface area contributed by atoms with E-state index in [9.17, 15) is 4.79 Å². The molecule has 0 saturated heterocycles. The number of anilines is 2. The molecule has 11 heteroatoms. The third-order valence-corrected chi connectivity index (χ3v) is 6.03. The van der Waals surface area contributed by atoms with Crippen LogP contribution < -0.4 is 24.8 Å². The van der Waals surface area contributed by atoms with Crippen LogP contribution in [-0.4, -0.2) is 35.2 Å². The van der Waals surface area contributed by atoms with Gasteiger partial charge in [-0.15, -0.1) is 11.3 Å². The summed E-state index contributed by atoms with van der Waals surface area (Å²) >= 11 is 7.82. The van der Waals surface area contributed by atoms with Gasteiger partial charge < -0.3 is 19.5 Å². The van der Waals surface area contributed by atoms with Gasteiger partial charge in [-0.3, -0.25) is 5.32 Å². The van der Waals surface area contributed by atoms with Crippen molar-refractivity contribution in [2.24, 2.45) is 0 Å². The van der Waals surface area contributed by atoms with Gasteiger partial charge in [-0.2, -0.15) is 0 Å². The van der Waals surface area contributed by atoms with Crippen molar-refractivity contribution in [1.29, 1.82) is 0 Å². The number of carbonyl (C=O) groups is 1. The highest BCUT2D eigenvalue weighted by molar-refractivity contribution is 7.15. The lowest BCUT2D eigenvalue weighted by Crippen LogP contribution is -2.19. The molecule has 33 heavy (non-hydrogen) atoms. The second-order valence-electron chi connectivity index (χ2n) is 6.89. The predicted molar refractivity (Wildman–Crippen MR) is 128 cm³/mol. The largest absolute Gasteiger partial charge is 0.493 e. The number of methoxy groups -OCH3 is 2. The average molecular weight is 486 g/mol. The van der Waals surface area contributed by atoms with Crippen LogP contribution in [0.4, 0.5) is 15.6 Å². The number of benzene rings is 2. The molecule has 0 bridgehead atoms. The minimum atomic E-state index is -0.420. The van der Waals surface area contributed by atoms with Crippen molar-refractivity contribution in [3.8, 4) is 23.1 Å². The smallest absolute Gasteiger partial charge is 0.325 e. The number of fused-ring (bicyclic) bond motifs is 1. The Morgan fingerprint density at radius 3 is 2.42 bits per heavy atom. The zero-order chi connectivity index (χ0) is 23.5. The van der Waals surface area contributed by atoms with E-state index in [1.54, 1.807) is 44.6 Å². The lowest BCUT2D eigenvalue weighted by molar-refractivity contribution is 0.262. The molecule has 9 nitrogen and oxygen atoms in total. The molecule has 0 unspecified atom stereocenters. The number of ether oxygens (including phenoxy) is 3. The number of aromatic nitrogens is 3. The van der Waals surface area contributed by atoms with E-state index in [1.807, 2.05) is 13.8 Å². The Morgan fingerprint density at radius 2 is 1.76 bits per heavy atom. The van der Waals surface area contributed by atoms with E-state index in [0.717, 1.165) is 10.6 Å². The lowest BCUT2D eigenvalue weighted by atomic mass is 10.2. The summed E-state index contributed by atoms with van der Waals surface area (Å²) in [4.78, 5) is 26.1. The Balaban J connectivity index is 1.53. The minimum absolute atomic E-state index is 0.293. The Hall–Kier alpha value is -3.63. The molecule has 170 valence electrons. The van der Waals surface area contributed by atoms with Gasteiger partial charge in [0.05, 0.1) is 35.8 Å². The van der Waals surface area contributed by atoms with Gasteiger partial charge in [-0.25, -0.2) is 19.7 Å². The Bertz CT molecular complexity index is 1320. The molecule has 2 heterocycles. The van der Waals surface area contributed by atoms with Crippen LogP contribution in [0, 0.1) is 13.8 Å². The van der Waals surface area contributed by atoms with E-state index in [2.05, 4.69) is 25.6 Å². The van der Waals surface area contributed by atoms with Gasteiger partial charge in [0.1, 0.15) is 12.1 Å². The quantitative estimate of drug-likeness (QED) is 0.354. The molecule has 2 aromatic heterocycles. The summed E-state index contributed by atoms with van der Waals surface area (Å²) in [5.41, 5.74) is 2.00. The molecule has 0 fully saturated rings. The van der Waals surface area contributed by atoms with Gasteiger partial charge in [0.15, 0.2) is 16.6 Å². The molecule has 4 aromatic rings. The molecule has 0 aliphatic carbocycles. The first-order valence-electron chi connectivity index (χ1n) is 9.74. The van der Waals surface area contributed by atoms with Crippen molar-refractivity contribution < 1.29 is 19.0 Å². The number of amides is 2. The van der Waals surface area contributed by atoms with Gasteiger partial charge in [0.2, 0.25) is 5.88 Å². The van der Waals surface area contributed by atoms with E-state index in [-0.39, 0.29) is 0 Å². The van der Waals surface area contributed by atoms with Gasteiger partial charge in [0, 0.05) is 16.6 Å². The van der Waals surface area contributed by atoms with Crippen LogP contribution in [0.3, 0.4) is 0 Å². The predicted octanol–water partition coefficient (Wildman–Crippen LogP) is 5.81. The molecule has 2 N–H and O–H groups in total. The van der Waals surface area contributed by atoms with Crippen molar-refractivity contribution in [1.82, 2.24) is 15.0 Å². The van der Waals surface area contributed by atoms with Crippen LogP contribution in [0.1, 0.15) is 10.6 Å². The second kappa shape index (κ2) is 9.47. The highest BCUT2D eigenvalue weighted by Crippen LogP contribution is 2.37. The monoisotopic (exact) mass is 485 g/mol. The summed E-state index contributed by atoms with van der Waals surface area (Å²) in [5, 5.41) is 6.88. The molecular formula is C22H20ClN5O4S. The number of nitrogens with zero attached hydrogens (tertiary/aromatic N) is 3. The molecule has 2 aromatic carbocycles. The molecule has 4 rings (SSSR count). The number of hydrogen-bond acceptors (Lipinski definition) is 8. The minimum Gasteiger partial charge on any atom is -0.493 e. The van der Waals surface area contributed by atoms with E-state index < -0.39 is 6.03 Å². The number of carbonyl (C=O) groups excluding carboxylic acids is 1. The molecule has 0 aliphatic rings. The maximum atomic E-state index is 12.3. The van der Waals surface area contributed by atoms with E-state index in [4.69, 9.17) is 25.8 Å². The number of nitrogens with one attached hydrogen (secondary N) is 2. The Labute approximate surface area is 198 Å². The third kappa shape index (κ3) is 4.91. The molecule has 2 amide bonds. The first-order chi connectivity index (χ1) is 15.9. The van der Waals surface area contributed by atoms with Crippen LogP contribution >= 0.6 is 22.9 Å². The summed E-state index contributed by atoms with van der Waals surface area (Å²) in [6.07, 6.45) is 1.39. The van der Waals surface area contributed by atoms with Gasteiger partial charge in [0.25, 0.3) is 0 Å². The van der Waals surface area contributed by atoms with Crippen LogP contribution in [0.5, 0.6) is 23.1 Å². The fourth-order valence-corrected chi connectivity index (χ4v) is 4.02. The highest BCUT2D eigenvalue weighted by Gasteiger charge is 2.15. The summed E-state index contributed by atoms with van der Waals surface area (Å²) in [6.45, 7) is 3.84. The molecular weight excluding hydrogens is 466 g/mol. The molecule has 0 saturated carbocycles. The van der Waals surface area contributed by atoms with Gasteiger partial charge in [-0.1, -0.05) is 11.6 Å². The first kappa shape index (κ1) is 22.6. The number of rotatable bonds is 6. The summed E-state index contributed by atoms with van der Waals surface area (Å²) in [6, 6.07) is 7.95. The molecule has 0 spiro atoms.